The molecular formula is C20H24N4O3. The average Bonchev–Trinajstić information content (AvgIpc) is 2.65. The number of ketones is 1. The van der Waals surface area contributed by atoms with Crippen molar-refractivity contribution in [3.8, 4) is 0 Å². The SMILES string of the molecule is CC(=O)c1cccc(NC(=O)c2cccc(C(=O)NCCCN(C)C)n2)c1. The third-order valence-electron chi connectivity index (χ3n) is 3.81. The van der Waals surface area contributed by atoms with E-state index >= 15 is 0 Å². The Bertz CT molecular complexity index is 833. The van der Waals surface area contributed by atoms with Crippen molar-refractivity contribution in [2.75, 3.05) is 32.5 Å². The standard InChI is InChI=1S/C20H24N4O3/c1-14(25)15-7-4-8-16(13-15)22-20(27)18-10-5-9-17(23-18)19(26)21-11-6-12-24(2)3/h4-5,7-10,13H,6,11-12H2,1-3H3,(H,21,26)(H,22,27). The number of hydrogen-bond acceptors (Lipinski definition) is 5. The summed E-state index contributed by atoms with van der Waals surface area (Å²) in [6.07, 6.45) is 0.825. The lowest BCUT2D eigenvalue weighted by Gasteiger charge is -2.10. The van der Waals surface area contributed by atoms with Crippen LogP contribution in [0.2, 0.25) is 0 Å². The van der Waals surface area contributed by atoms with Gasteiger partial charge in [-0.1, -0.05) is 18.2 Å². The van der Waals surface area contributed by atoms with Crippen LogP contribution in [-0.2, 0) is 0 Å². The predicted octanol–water partition coefficient (Wildman–Crippen LogP) is 2.22. The van der Waals surface area contributed by atoms with Crippen LogP contribution in [0.3, 0.4) is 0 Å². The van der Waals surface area contributed by atoms with Crippen LogP contribution in [0.1, 0.15) is 44.7 Å². The summed E-state index contributed by atoms with van der Waals surface area (Å²) in [7, 11) is 3.94. The third-order valence-corrected chi connectivity index (χ3v) is 3.81. The van der Waals surface area contributed by atoms with E-state index in [0.29, 0.717) is 17.8 Å². The van der Waals surface area contributed by atoms with E-state index in [0.717, 1.165) is 13.0 Å². The number of Topliss-reactive ketones (excluding diaryl/α,β-unsaturated/α-hetero) is 1. The molecule has 0 spiro atoms. The molecule has 2 N–H and O–H groups in total. The molecule has 0 radical (unpaired) electrons. The molecule has 2 aromatic rings. The molecule has 0 aliphatic heterocycles. The zero-order chi connectivity index (χ0) is 19.8. The van der Waals surface area contributed by atoms with Gasteiger partial charge in [-0.25, -0.2) is 4.98 Å². The molecule has 1 heterocycles. The maximum absolute atomic E-state index is 12.4. The van der Waals surface area contributed by atoms with E-state index in [-0.39, 0.29) is 23.1 Å². The predicted molar refractivity (Wildman–Crippen MR) is 104 cm³/mol. The van der Waals surface area contributed by atoms with Crippen LogP contribution in [0.5, 0.6) is 0 Å². The van der Waals surface area contributed by atoms with E-state index in [4.69, 9.17) is 0 Å². The van der Waals surface area contributed by atoms with Gasteiger partial charge in [-0.3, -0.25) is 14.4 Å². The van der Waals surface area contributed by atoms with E-state index in [1.807, 2.05) is 19.0 Å². The lowest BCUT2D eigenvalue weighted by Crippen LogP contribution is -2.28. The van der Waals surface area contributed by atoms with Crippen LogP contribution in [-0.4, -0.2) is 54.7 Å². The van der Waals surface area contributed by atoms with E-state index in [1.54, 1.807) is 36.4 Å². The molecule has 27 heavy (non-hydrogen) atoms. The topological polar surface area (TPSA) is 91.4 Å². The van der Waals surface area contributed by atoms with Gasteiger partial charge in [0.1, 0.15) is 11.4 Å². The van der Waals surface area contributed by atoms with Crippen LogP contribution in [0.15, 0.2) is 42.5 Å². The average molecular weight is 368 g/mol. The van der Waals surface area contributed by atoms with Crippen LogP contribution >= 0.6 is 0 Å². The lowest BCUT2D eigenvalue weighted by molar-refractivity contribution is 0.0946. The van der Waals surface area contributed by atoms with E-state index < -0.39 is 5.91 Å². The third kappa shape index (κ3) is 6.31. The van der Waals surface area contributed by atoms with Crippen molar-refractivity contribution in [3.63, 3.8) is 0 Å². The Morgan fingerprint density at radius 2 is 1.67 bits per heavy atom. The molecule has 0 fully saturated rings. The van der Waals surface area contributed by atoms with Crippen LogP contribution in [0.25, 0.3) is 0 Å². The van der Waals surface area contributed by atoms with Crippen molar-refractivity contribution in [2.24, 2.45) is 0 Å². The molecule has 2 amide bonds. The summed E-state index contributed by atoms with van der Waals surface area (Å²) < 4.78 is 0. The number of hydrogen-bond donors (Lipinski definition) is 2. The minimum absolute atomic E-state index is 0.0860. The number of rotatable bonds is 8. The van der Waals surface area contributed by atoms with Gasteiger partial charge in [0.05, 0.1) is 0 Å². The number of benzene rings is 1. The van der Waals surface area contributed by atoms with Crippen molar-refractivity contribution in [2.45, 2.75) is 13.3 Å². The molecule has 142 valence electrons. The Kier molecular flexibility index (Phi) is 7.19. The second-order valence-electron chi connectivity index (χ2n) is 6.41. The summed E-state index contributed by atoms with van der Waals surface area (Å²) in [5.41, 5.74) is 1.31. The van der Waals surface area contributed by atoms with Gasteiger partial charge in [-0.05, 0) is 58.3 Å². The fourth-order valence-electron chi connectivity index (χ4n) is 2.39. The second kappa shape index (κ2) is 9.59. The van der Waals surface area contributed by atoms with E-state index in [1.165, 1.54) is 13.0 Å². The molecule has 0 unspecified atom stereocenters. The summed E-state index contributed by atoms with van der Waals surface area (Å²) in [5.74, 6) is -0.850. The van der Waals surface area contributed by atoms with Gasteiger partial charge in [0, 0.05) is 17.8 Å². The largest absolute Gasteiger partial charge is 0.351 e. The highest BCUT2D eigenvalue weighted by Gasteiger charge is 2.13. The molecule has 7 heteroatoms. The van der Waals surface area contributed by atoms with Gasteiger partial charge in [0.25, 0.3) is 11.8 Å². The van der Waals surface area contributed by atoms with E-state index in [2.05, 4.69) is 15.6 Å². The maximum Gasteiger partial charge on any atom is 0.274 e. The van der Waals surface area contributed by atoms with Gasteiger partial charge in [0.2, 0.25) is 0 Å². The normalized spacial score (nSPS) is 10.5. The Balaban J connectivity index is 2.01. The lowest BCUT2D eigenvalue weighted by atomic mass is 10.1. The highest BCUT2D eigenvalue weighted by Crippen LogP contribution is 2.12. The molecule has 0 saturated heterocycles. The molecule has 0 bridgehead atoms. The van der Waals surface area contributed by atoms with Crippen molar-refractivity contribution in [3.05, 3.63) is 59.4 Å². The van der Waals surface area contributed by atoms with Gasteiger partial charge >= 0.3 is 0 Å². The Morgan fingerprint density at radius 3 is 2.33 bits per heavy atom. The Morgan fingerprint density at radius 1 is 1.00 bits per heavy atom. The first-order chi connectivity index (χ1) is 12.9. The van der Waals surface area contributed by atoms with Crippen molar-refractivity contribution >= 4 is 23.3 Å². The van der Waals surface area contributed by atoms with Crippen LogP contribution < -0.4 is 10.6 Å². The minimum atomic E-state index is -0.446. The molecule has 0 saturated carbocycles. The number of carbonyl (C=O) groups excluding carboxylic acids is 3. The van der Waals surface area contributed by atoms with Crippen LogP contribution in [0.4, 0.5) is 5.69 Å². The summed E-state index contributed by atoms with van der Waals surface area (Å²) >= 11 is 0. The zero-order valence-corrected chi connectivity index (χ0v) is 15.8. The quantitative estimate of drug-likeness (QED) is 0.551. The fraction of sp³-hybridized carbons (Fsp3) is 0.300. The summed E-state index contributed by atoms with van der Waals surface area (Å²) in [6, 6.07) is 11.4. The second-order valence-corrected chi connectivity index (χ2v) is 6.41. The van der Waals surface area contributed by atoms with Crippen LogP contribution in [0, 0.1) is 0 Å². The van der Waals surface area contributed by atoms with Crippen molar-refractivity contribution in [1.82, 2.24) is 15.2 Å². The Labute approximate surface area is 158 Å². The molecule has 7 nitrogen and oxygen atoms in total. The van der Waals surface area contributed by atoms with Gasteiger partial charge < -0.3 is 15.5 Å². The molecule has 0 aliphatic carbocycles. The monoisotopic (exact) mass is 368 g/mol. The number of nitrogens with zero attached hydrogens (tertiary/aromatic N) is 2. The fourth-order valence-corrected chi connectivity index (χ4v) is 2.39. The Hall–Kier alpha value is -3.06. The first kappa shape index (κ1) is 20.3. The number of pyridine rings is 1. The maximum atomic E-state index is 12.4. The molecule has 1 aromatic heterocycles. The smallest absolute Gasteiger partial charge is 0.274 e. The first-order valence-electron chi connectivity index (χ1n) is 8.69. The van der Waals surface area contributed by atoms with E-state index in [9.17, 15) is 14.4 Å². The number of carbonyl (C=O) groups is 3. The number of nitrogens with one attached hydrogen (secondary N) is 2. The van der Waals surface area contributed by atoms with Crippen molar-refractivity contribution < 1.29 is 14.4 Å². The molecule has 2 rings (SSSR count). The highest BCUT2D eigenvalue weighted by molar-refractivity contribution is 6.04. The minimum Gasteiger partial charge on any atom is -0.351 e. The molecule has 0 aliphatic rings. The molecule has 0 atom stereocenters. The number of anilines is 1. The summed E-state index contributed by atoms with van der Waals surface area (Å²) in [5, 5.41) is 5.49. The van der Waals surface area contributed by atoms with Gasteiger partial charge in [-0.15, -0.1) is 0 Å². The number of aromatic nitrogens is 1. The first-order valence-corrected chi connectivity index (χ1v) is 8.69. The van der Waals surface area contributed by atoms with Crippen molar-refractivity contribution in [1.29, 1.82) is 0 Å². The number of amides is 2. The zero-order valence-electron chi connectivity index (χ0n) is 15.8. The molecular weight excluding hydrogens is 344 g/mol. The molecule has 1 aromatic carbocycles. The summed E-state index contributed by atoms with van der Waals surface area (Å²) in [4.78, 5) is 42.2. The van der Waals surface area contributed by atoms with Gasteiger partial charge in [-0.2, -0.15) is 0 Å². The highest BCUT2D eigenvalue weighted by atomic mass is 16.2. The summed E-state index contributed by atoms with van der Waals surface area (Å²) in [6.45, 7) is 2.87. The van der Waals surface area contributed by atoms with Gasteiger partial charge in [0.15, 0.2) is 5.78 Å².